The lowest BCUT2D eigenvalue weighted by Gasteiger charge is -2.10. The van der Waals surface area contributed by atoms with Crippen molar-refractivity contribution in [3.63, 3.8) is 0 Å². The first-order chi connectivity index (χ1) is 12.0. The van der Waals surface area contributed by atoms with Crippen molar-refractivity contribution in [3.05, 3.63) is 83.2 Å². The molecule has 0 spiro atoms. The van der Waals surface area contributed by atoms with E-state index in [0.717, 1.165) is 22.6 Å². The lowest BCUT2D eigenvalue weighted by molar-refractivity contribution is 0.0955. The van der Waals surface area contributed by atoms with Gasteiger partial charge < -0.3 is 9.67 Å². The number of amides is 1. The SMILES string of the molecule is Cc1ccc(C)n1-c1ccc(C(=O)N/N=C\c2ccc(O)cc2)cc1. The molecule has 0 aliphatic carbocycles. The molecule has 126 valence electrons. The van der Waals surface area contributed by atoms with Crippen LogP contribution in [0.1, 0.15) is 27.3 Å². The molecule has 0 aliphatic heterocycles. The second-order valence-electron chi connectivity index (χ2n) is 5.79. The number of phenolic OH excluding ortho intramolecular Hbond substituents is 1. The molecular weight excluding hydrogens is 314 g/mol. The minimum absolute atomic E-state index is 0.189. The van der Waals surface area contributed by atoms with Crippen molar-refractivity contribution < 1.29 is 9.90 Å². The topological polar surface area (TPSA) is 66.6 Å². The first kappa shape index (κ1) is 16.5. The third-order valence-corrected chi connectivity index (χ3v) is 3.93. The van der Waals surface area contributed by atoms with Crippen molar-refractivity contribution in [1.82, 2.24) is 9.99 Å². The Kier molecular flexibility index (Phi) is 4.66. The zero-order valence-electron chi connectivity index (χ0n) is 14.1. The van der Waals surface area contributed by atoms with Crippen molar-refractivity contribution in [2.45, 2.75) is 13.8 Å². The Morgan fingerprint density at radius 3 is 2.16 bits per heavy atom. The second kappa shape index (κ2) is 7.05. The molecule has 5 heteroatoms. The number of hydrogen-bond acceptors (Lipinski definition) is 3. The van der Waals surface area contributed by atoms with E-state index in [9.17, 15) is 9.90 Å². The summed E-state index contributed by atoms with van der Waals surface area (Å²) >= 11 is 0. The van der Waals surface area contributed by atoms with Gasteiger partial charge in [0.05, 0.1) is 6.21 Å². The normalized spacial score (nSPS) is 11.0. The molecule has 0 saturated carbocycles. The van der Waals surface area contributed by atoms with E-state index in [4.69, 9.17) is 0 Å². The van der Waals surface area contributed by atoms with Gasteiger partial charge in [0.15, 0.2) is 0 Å². The van der Waals surface area contributed by atoms with Crippen molar-refractivity contribution in [2.75, 3.05) is 0 Å². The maximum absolute atomic E-state index is 12.1. The van der Waals surface area contributed by atoms with Crippen LogP contribution in [-0.4, -0.2) is 21.8 Å². The average molecular weight is 333 g/mol. The summed E-state index contributed by atoms with van der Waals surface area (Å²) in [5.41, 5.74) is 7.13. The Balaban J connectivity index is 1.68. The highest BCUT2D eigenvalue weighted by atomic mass is 16.3. The Labute approximate surface area is 146 Å². The van der Waals surface area contributed by atoms with Crippen molar-refractivity contribution in [1.29, 1.82) is 0 Å². The number of carbonyl (C=O) groups is 1. The van der Waals surface area contributed by atoms with Crippen LogP contribution in [0.5, 0.6) is 5.75 Å². The number of rotatable bonds is 4. The van der Waals surface area contributed by atoms with Gasteiger partial charge in [-0.3, -0.25) is 4.79 Å². The standard InChI is InChI=1S/C20H19N3O2/c1-14-3-4-15(2)23(14)18-9-7-17(8-10-18)20(25)22-21-13-16-5-11-19(24)12-6-16/h3-13,24H,1-2H3,(H,22,25)/b21-13-. The van der Waals surface area contributed by atoms with Gasteiger partial charge >= 0.3 is 0 Å². The van der Waals surface area contributed by atoms with E-state index >= 15 is 0 Å². The van der Waals surface area contributed by atoms with E-state index in [2.05, 4.69) is 27.2 Å². The number of hydrazone groups is 1. The number of aromatic nitrogens is 1. The third-order valence-electron chi connectivity index (χ3n) is 3.93. The van der Waals surface area contributed by atoms with Gasteiger partial charge in [0, 0.05) is 22.6 Å². The predicted octanol–water partition coefficient (Wildman–Crippen LogP) is 3.56. The van der Waals surface area contributed by atoms with E-state index in [1.165, 1.54) is 6.21 Å². The summed E-state index contributed by atoms with van der Waals surface area (Å²) < 4.78 is 2.13. The molecule has 0 fully saturated rings. The zero-order chi connectivity index (χ0) is 17.8. The Morgan fingerprint density at radius 2 is 1.56 bits per heavy atom. The van der Waals surface area contributed by atoms with Crippen LogP contribution in [0.4, 0.5) is 0 Å². The van der Waals surface area contributed by atoms with E-state index < -0.39 is 0 Å². The number of carbonyl (C=O) groups excluding carboxylic acids is 1. The molecule has 0 atom stereocenters. The highest BCUT2D eigenvalue weighted by Crippen LogP contribution is 2.16. The molecule has 25 heavy (non-hydrogen) atoms. The van der Waals surface area contributed by atoms with Gasteiger partial charge in [-0.25, -0.2) is 5.43 Å². The lowest BCUT2D eigenvalue weighted by Crippen LogP contribution is -2.17. The molecular formula is C20H19N3O2. The van der Waals surface area contributed by atoms with E-state index in [1.54, 1.807) is 36.4 Å². The van der Waals surface area contributed by atoms with Gasteiger partial charge in [-0.1, -0.05) is 0 Å². The molecule has 1 amide bonds. The number of aromatic hydroxyl groups is 1. The van der Waals surface area contributed by atoms with Crippen LogP contribution < -0.4 is 5.43 Å². The molecule has 1 heterocycles. The Bertz CT molecular complexity index is 888. The zero-order valence-corrected chi connectivity index (χ0v) is 14.1. The second-order valence-corrected chi connectivity index (χ2v) is 5.79. The highest BCUT2D eigenvalue weighted by Gasteiger charge is 2.07. The van der Waals surface area contributed by atoms with Crippen LogP contribution in [0.3, 0.4) is 0 Å². The Morgan fingerprint density at radius 1 is 0.960 bits per heavy atom. The van der Waals surface area contributed by atoms with Gasteiger partial charge in [-0.2, -0.15) is 5.10 Å². The summed E-state index contributed by atoms with van der Waals surface area (Å²) in [6, 6.07) is 18.1. The molecule has 0 aliphatic rings. The fourth-order valence-corrected chi connectivity index (χ4v) is 2.63. The first-order valence-electron chi connectivity index (χ1n) is 7.92. The van der Waals surface area contributed by atoms with Crippen LogP contribution in [-0.2, 0) is 0 Å². The maximum Gasteiger partial charge on any atom is 0.271 e. The van der Waals surface area contributed by atoms with Crippen LogP contribution in [0, 0.1) is 13.8 Å². The summed E-state index contributed by atoms with van der Waals surface area (Å²) in [5, 5.41) is 13.2. The van der Waals surface area contributed by atoms with E-state index in [0.29, 0.717) is 5.56 Å². The first-order valence-corrected chi connectivity index (χ1v) is 7.92. The monoisotopic (exact) mass is 333 g/mol. The minimum Gasteiger partial charge on any atom is -0.508 e. The third kappa shape index (κ3) is 3.77. The molecule has 0 saturated heterocycles. The smallest absolute Gasteiger partial charge is 0.271 e. The molecule has 2 aromatic carbocycles. The quantitative estimate of drug-likeness (QED) is 0.566. The largest absolute Gasteiger partial charge is 0.508 e. The number of benzene rings is 2. The molecule has 5 nitrogen and oxygen atoms in total. The number of aryl methyl sites for hydroxylation is 2. The number of phenols is 1. The molecule has 0 radical (unpaired) electrons. The molecule has 0 bridgehead atoms. The van der Waals surface area contributed by atoms with Gasteiger partial charge in [-0.05, 0) is 80.1 Å². The van der Waals surface area contributed by atoms with Gasteiger partial charge in [0.1, 0.15) is 5.75 Å². The van der Waals surface area contributed by atoms with E-state index in [1.807, 2.05) is 26.0 Å². The van der Waals surface area contributed by atoms with Gasteiger partial charge in [0.25, 0.3) is 5.91 Å². The van der Waals surface area contributed by atoms with Crippen molar-refractivity contribution in [2.24, 2.45) is 5.10 Å². The van der Waals surface area contributed by atoms with Gasteiger partial charge in [0.2, 0.25) is 0 Å². The lowest BCUT2D eigenvalue weighted by atomic mass is 10.2. The Hall–Kier alpha value is -3.34. The molecule has 0 unspecified atom stereocenters. The molecule has 1 aromatic heterocycles. The van der Waals surface area contributed by atoms with Gasteiger partial charge in [-0.15, -0.1) is 0 Å². The van der Waals surface area contributed by atoms with Crippen LogP contribution in [0.25, 0.3) is 5.69 Å². The van der Waals surface area contributed by atoms with Crippen molar-refractivity contribution in [3.8, 4) is 11.4 Å². The summed E-state index contributed by atoms with van der Waals surface area (Å²) in [6.45, 7) is 4.09. The highest BCUT2D eigenvalue weighted by molar-refractivity contribution is 5.95. The predicted molar refractivity (Wildman–Crippen MR) is 98.4 cm³/mol. The van der Waals surface area contributed by atoms with Crippen LogP contribution in [0.2, 0.25) is 0 Å². The van der Waals surface area contributed by atoms with Crippen LogP contribution >= 0.6 is 0 Å². The molecule has 2 N–H and O–H groups in total. The summed E-state index contributed by atoms with van der Waals surface area (Å²) in [5.74, 6) is -0.0861. The number of hydrogen-bond donors (Lipinski definition) is 2. The van der Waals surface area contributed by atoms with E-state index in [-0.39, 0.29) is 11.7 Å². The fraction of sp³-hybridized carbons (Fsp3) is 0.100. The summed E-state index contributed by atoms with van der Waals surface area (Å²) in [4.78, 5) is 12.1. The summed E-state index contributed by atoms with van der Waals surface area (Å²) in [7, 11) is 0. The number of nitrogens with one attached hydrogen (secondary N) is 1. The summed E-state index contributed by atoms with van der Waals surface area (Å²) in [6.07, 6.45) is 1.53. The van der Waals surface area contributed by atoms with Crippen molar-refractivity contribution >= 4 is 12.1 Å². The average Bonchev–Trinajstić information content (AvgIpc) is 2.95. The maximum atomic E-state index is 12.1. The fourth-order valence-electron chi connectivity index (χ4n) is 2.63. The number of nitrogens with zero attached hydrogens (tertiary/aromatic N) is 2. The molecule has 3 aromatic rings. The van der Waals surface area contributed by atoms with Crippen LogP contribution in [0.15, 0.2) is 65.8 Å². The minimum atomic E-state index is -0.275. The molecule has 3 rings (SSSR count).